The second kappa shape index (κ2) is 5.80. The molecule has 1 aliphatic heterocycles. The van der Waals surface area contributed by atoms with Crippen molar-refractivity contribution in [3.63, 3.8) is 0 Å². The molecule has 110 valence electrons. The third-order valence-electron chi connectivity index (χ3n) is 3.11. The molecule has 2 N–H and O–H groups in total. The zero-order chi connectivity index (χ0) is 14.8. The van der Waals surface area contributed by atoms with Crippen LogP contribution in [0.2, 0.25) is 0 Å². The maximum Gasteiger partial charge on any atom is 0.406 e. The minimum absolute atomic E-state index is 0.213. The molecule has 0 saturated carbocycles. The maximum absolute atomic E-state index is 12.4. The number of alkyl halides is 3. The standard InChI is InChI=1S/C13H15F3N2O2/c14-13(15,16)8-18(3-4-19)12(20)9-1-2-10-6-17-7-11(10)5-9/h1-2,5,17,19H,3-4,6-8H2. The fourth-order valence-corrected chi connectivity index (χ4v) is 2.20. The molecule has 1 heterocycles. The average molecular weight is 288 g/mol. The van der Waals surface area contributed by atoms with Gasteiger partial charge in [-0.25, -0.2) is 0 Å². The van der Waals surface area contributed by atoms with Crippen molar-refractivity contribution in [2.24, 2.45) is 0 Å². The van der Waals surface area contributed by atoms with Crippen LogP contribution in [0.4, 0.5) is 13.2 Å². The number of halogens is 3. The lowest BCUT2D eigenvalue weighted by atomic mass is 10.1. The number of fused-ring (bicyclic) bond motifs is 1. The van der Waals surface area contributed by atoms with Crippen LogP contribution in [0.5, 0.6) is 0 Å². The lowest BCUT2D eigenvalue weighted by Gasteiger charge is -2.23. The third kappa shape index (κ3) is 3.49. The van der Waals surface area contributed by atoms with Crippen LogP contribution < -0.4 is 5.32 Å². The van der Waals surface area contributed by atoms with E-state index in [0.717, 1.165) is 11.1 Å². The van der Waals surface area contributed by atoms with E-state index in [1.807, 2.05) is 0 Å². The highest BCUT2D eigenvalue weighted by Gasteiger charge is 2.33. The zero-order valence-electron chi connectivity index (χ0n) is 10.7. The smallest absolute Gasteiger partial charge is 0.395 e. The quantitative estimate of drug-likeness (QED) is 0.877. The summed E-state index contributed by atoms with van der Waals surface area (Å²) in [6.07, 6.45) is -4.48. The summed E-state index contributed by atoms with van der Waals surface area (Å²) in [4.78, 5) is 12.7. The summed E-state index contributed by atoms with van der Waals surface area (Å²) in [6, 6.07) is 4.88. The number of hydrogen-bond donors (Lipinski definition) is 2. The second-order valence-corrected chi connectivity index (χ2v) is 4.65. The van der Waals surface area contributed by atoms with Gasteiger partial charge < -0.3 is 15.3 Å². The van der Waals surface area contributed by atoms with Gasteiger partial charge in [-0.3, -0.25) is 4.79 Å². The third-order valence-corrected chi connectivity index (χ3v) is 3.11. The Morgan fingerprint density at radius 3 is 2.65 bits per heavy atom. The van der Waals surface area contributed by atoms with Crippen molar-refractivity contribution in [2.75, 3.05) is 19.7 Å². The van der Waals surface area contributed by atoms with Gasteiger partial charge >= 0.3 is 6.18 Å². The van der Waals surface area contributed by atoms with Crippen LogP contribution in [0.3, 0.4) is 0 Å². The highest BCUT2D eigenvalue weighted by atomic mass is 19.4. The van der Waals surface area contributed by atoms with E-state index < -0.39 is 25.2 Å². The van der Waals surface area contributed by atoms with E-state index in [2.05, 4.69) is 5.32 Å². The molecule has 0 saturated heterocycles. The summed E-state index contributed by atoms with van der Waals surface area (Å²) in [5, 5.41) is 11.9. The number of hydrogen-bond acceptors (Lipinski definition) is 3. The minimum Gasteiger partial charge on any atom is -0.395 e. The molecule has 0 unspecified atom stereocenters. The molecule has 0 fully saturated rings. The fourth-order valence-electron chi connectivity index (χ4n) is 2.20. The average Bonchev–Trinajstić information content (AvgIpc) is 2.83. The van der Waals surface area contributed by atoms with Crippen molar-refractivity contribution >= 4 is 5.91 Å². The summed E-state index contributed by atoms with van der Waals surface area (Å²) in [6.45, 7) is -0.897. The van der Waals surface area contributed by atoms with Gasteiger partial charge in [-0.05, 0) is 23.3 Å². The van der Waals surface area contributed by atoms with Crippen LogP contribution in [0.1, 0.15) is 21.5 Å². The predicted octanol–water partition coefficient (Wildman–Crippen LogP) is 1.29. The van der Waals surface area contributed by atoms with Crippen LogP contribution in [-0.2, 0) is 13.1 Å². The number of nitrogens with zero attached hydrogens (tertiary/aromatic N) is 1. The summed E-state index contributed by atoms with van der Waals surface area (Å²) < 4.78 is 37.3. The van der Waals surface area contributed by atoms with E-state index >= 15 is 0 Å². The van der Waals surface area contributed by atoms with Crippen molar-refractivity contribution in [3.05, 3.63) is 34.9 Å². The molecule has 0 atom stereocenters. The topological polar surface area (TPSA) is 52.6 Å². The lowest BCUT2D eigenvalue weighted by molar-refractivity contribution is -0.141. The fraction of sp³-hybridized carbons (Fsp3) is 0.462. The molecular formula is C13H15F3N2O2. The molecule has 1 aliphatic rings. The Balaban J connectivity index is 2.18. The summed E-state index contributed by atoms with van der Waals surface area (Å²) in [7, 11) is 0. The Morgan fingerprint density at radius 1 is 1.30 bits per heavy atom. The van der Waals surface area contributed by atoms with Crippen molar-refractivity contribution < 1.29 is 23.1 Å². The molecule has 4 nitrogen and oxygen atoms in total. The van der Waals surface area contributed by atoms with Gasteiger partial charge in [0.05, 0.1) is 6.61 Å². The van der Waals surface area contributed by atoms with Gasteiger partial charge in [0.2, 0.25) is 0 Å². The molecule has 0 bridgehead atoms. The van der Waals surface area contributed by atoms with Gasteiger partial charge in [0.15, 0.2) is 0 Å². The molecular weight excluding hydrogens is 273 g/mol. The molecule has 0 aliphatic carbocycles. The largest absolute Gasteiger partial charge is 0.406 e. The lowest BCUT2D eigenvalue weighted by Crippen LogP contribution is -2.40. The van der Waals surface area contributed by atoms with Crippen LogP contribution in [0.25, 0.3) is 0 Å². The van der Waals surface area contributed by atoms with Crippen molar-refractivity contribution in [2.45, 2.75) is 19.3 Å². The molecule has 0 spiro atoms. The maximum atomic E-state index is 12.4. The van der Waals surface area contributed by atoms with Crippen molar-refractivity contribution in [1.82, 2.24) is 10.2 Å². The Morgan fingerprint density at radius 2 is 2.00 bits per heavy atom. The monoisotopic (exact) mass is 288 g/mol. The molecule has 2 rings (SSSR count). The number of aliphatic hydroxyl groups excluding tert-OH is 1. The zero-order valence-corrected chi connectivity index (χ0v) is 10.7. The number of carbonyl (C=O) groups is 1. The van der Waals surface area contributed by atoms with Gasteiger partial charge in [0.25, 0.3) is 5.91 Å². The van der Waals surface area contributed by atoms with E-state index in [1.54, 1.807) is 12.1 Å². The van der Waals surface area contributed by atoms with Crippen LogP contribution in [-0.4, -0.2) is 41.8 Å². The van der Waals surface area contributed by atoms with Gasteiger partial charge in [0.1, 0.15) is 6.54 Å². The Bertz CT molecular complexity index is 503. The first-order valence-corrected chi connectivity index (χ1v) is 6.20. The van der Waals surface area contributed by atoms with Crippen LogP contribution in [0.15, 0.2) is 18.2 Å². The van der Waals surface area contributed by atoms with Gasteiger partial charge in [-0.2, -0.15) is 13.2 Å². The van der Waals surface area contributed by atoms with E-state index in [9.17, 15) is 18.0 Å². The van der Waals surface area contributed by atoms with Crippen molar-refractivity contribution in [1.29, 1.82) is 0 Å². The summed E-state index contributed by atoms with van der Waals surface area (Å²) in [5.41, 5.74) is 2.18. The first kappa shape index (κ1) is 14.8. The highest BCUT2D eigenvalue weighted by molar-refractivity contribution is 5.94. The van der Waals surface area contributed by atoms with E-state index in [4.69, 9.17) is 5.11 Å². The SMILES string of the molecule is O=C(c1ccc2c(c1)CNC2)N(CCO)CC(F)(F)F. The normalized spacial score (nSPS) is 14.2. The molecule has 1 aromatic rings. The first-order valence-electron chi connectivity index (χ1n) is 6.20. The Kier molecular flexibility index (Phi) is 4.29. The Hall–Kier alpha value is -1.60. The molecule has 20 heavy (non-hydrogen) atoms. The predicted molar refractivity (Wildman–Crippen MR) is 66.0 cm³/mol. The second-order valence-electron chi connectivity index (χ2n) is 4.65. The molecule has 0 aromatic heterocycles. The number of rotatable bonds is 4. The van der Waals surface area contributed by atoms with Gasteiger partial charge in [0, 0.05) is 25.2 Å². The number of carbonyl (C=O) groups excluding carboxylic acids is 1. The minimum atomic E-state index is -4.48. The van der Waals surface area contributed by atoms with Gasteiger partial charge in [-0.15, -0.1) is 0 Å². The number of benzene rings is 1. The Labute approximate surface area is 114 Å². The summed E-state index contributed by atoms with van der Waals surface area (Å²) in [5.74, 6) is -0.717. The molecule has 7 heteroatoms. The summed E-state index contributed by atoms with van der Waals surface area (Å²) >= 11 is 0. The van der Waals surface area contributed by atoms with E-state index in [-0.39, 0.29) is 12.1 Å². The van der Waals surface area contributed by atoms with E-state index in [0.29, 0.717) is 18.0 Å². The number of nitrogens with one attached hydrogen (secondary N) is 1. The molecule has 1 aromatic carbocycles. The number of aliphatic hydroxyl groups is 1. The highest BCUT2D eigenvalue weighted by Crippen LogP contribution is 2.21. The van der Waals surface area contributed by atoms with Gasteiger partial charge in [-0.1, -0.05) is 6.07 Å². The van der Waals surface area contributed by atoms with Crippen LogP contribution in [0, 0.1) is 0 Å². The van der Waals surface area contributed by atoms with E-state index in [1.165, 1.54) is 6.07 Å². The number of amides is 1. The van der Waals surface area contributed by atoms with Crippen LogP contribution >= 0.6 is 0 Å². The van der Waals surface area contributed by atoms with Crippen molar-refractivity contribution in [3.8, 4) is 0 Å². The molecule has 1 amide bonds. The molecule has 0 radical (unpaired) electrons. The first-order chi connectivity index (χ1) is 9.40.